The van der Waals surface area contributed by atoms with Crippen molar-refractivity contribution in [3.63, 3.8) is 0 Å². The minimum absolute atomic E-state index is 0.251. The van der Waals surface area contributed by atoms with Crippen LogP contribution < -0.4 is 5.32 Å². The number of rotatable bonds is 3. The molecule has 0 atom stereocenters. The third-order valence-electron chi connectivity index (χ3n) is 2.69. The molecule has 1 N–H and O–H groups in total. The standard InChI is InChI=1S/C14H10ClF4N/c15-12-6-5-11(16)7-13(12)20-8-9-1-3-10(4-2-9)14(17,18)19/h1-7,20H,8H2. The van der Waals surface area contributed by atoms with Crippen LogP contribution >= 0.6 is 11.6 Å². The summed E-state index contributed by atoms with van der Waals surface area (Å²) in [4.78, 5) is 0. The minimum atomic E-state index is -4.35. The molecule has 0 aliphatic carbocycles. The number of alkyl halides is 3. The normalized spacial score (nSPS) is 11.4. The molecule has 0 heterocycles. The van der Waals surface area contributed by atoms with Crippen molar-refractivity contribution in [3.8, 4) is 0 Å². The Kier molecular flexibility index (Phi) is 4.18. The van der Waals surface area contributed by atoms with Gasteiger partial charge in [-0.25, -0.2) is 4.39 Å². The van der Waals surface area contributed by atoms with E-state index in [1.807, 2.05) is 0 Å². The van der Waals surface area contributed by atoms with Gasteiger partial charge >= 0.3 is 6.18 Å². The fourth-order valence-electron chi connectivity index (χ4n) is 1.64. The molecule has 0 saturated heterocycles. The Morgan fingerprint density at radius 3 is 2.25 bits per heavy atom. The van der Waals surface area contributed by atoms with E-state index in [0.29, 0.717) is 16.3 Å². The molecule has 0 unspecified atom stereocenters. The highest BCUT2D eigenvalue weighted by molar-refractivity contribution is 6.33. The molecule has 6 heteroatoms. The van der Waals surface area contributed by atoms with Crippen LogP contribution in [0.3, 0.4) is 0 Å². The van der Waals surface area contributed by atoms with Crippen LogP contribution in [-0.4, -0.2) is 0 Å². The summed E-state index contributed by atoms with van der Waals surface area (Å²) in [5.41, 5.74) is 0.329. The van der Waals surface area contributed by atoms with Crippen LogP contribution in [0.2, 0.25) is 5.02 Å². The number of anilines is 1. The van der Waals surface area contributed by atoms with E-state index in [4.69, 9.17) is 11.6 Å². The number of hydrogen-bond donors (Lipinski definition) is 1. The summed E-state index contributed by atoms with van der Waals surface area (Å²) in [7, 11) is 0. The van der Waals surface area contributed by atoms with Crippen molar-refractivity contribution in [3.05, 3.63) is 64.4 Å². The van der Waals surface area contributed by atoms with Crippen LogP contribution in [-0.2, 0) is 12.7 Å². The van der Waals surface area contributed by atoms with E-state index in [0.717, 1.165) is 12.1 Å². The number of hydrogen-bond acceptors (Lipinski definition) is 1. The maximum Gasteiger partial charge on any atom is 0.416 e. The highest BCUT2D eigenvalue weighted by atomic mass is 35.5. The number of halogens is 5. The summed E-state index contributed by atoms with van der Waals surface area (Å²) < 4.78 is 50.2. The van der Waals surface area contributed by atoms with E-state index < -0.39 is 17.6 Å². The Balaban J connectivity index is 2.06. The van der Waals surface area contributed by atoms with Gasteiger partial charge in [0.05, 0.1) is 16.3 Å². The van der Waals surface area contributed by atoms with Crippen molar-refractivity contribution in [2.24, 2.45) is 0 Å². The third kappa shape index (κ3) is 3.63. The molecule has 0 aliphatic heterocycles. The van der Waals surface area contributed by atoms with E-state index in [2.05, 4.69) is 5.32 Å². The molecule has 2 rings (SSSR count). The zero-order valence-corrected chi connectivity index (χ0v) is 10.9. The van der Waals surface area contributed by atoms with Crippen molar-refractivity contribution < 1.29 is 17.6 Å². The molecule has 0 bridgehead atoms. The Bertz CT molecular complexity index is 593. The second kappa shape index (κ2) is 5.71. The number of nitrogens with one attached hydrogen (secondary N) is 1. The van der Waals surface area contributed by atoms with Crippen LogP contribution in [0.25, 0.3) is 0 Å². The molecule has 0 saturated carbocycles. The van der Waals surface area contributed by atoms with Crippen LogP contribution in [0.15, 0.2) is 42.5 Å². The zero-order chi connectivity index (χ0) is 14.8. The first-order chi connectivity index (χ1) is 9.36. The van der Waals surface area contributed by atoms with Crippen molar-refractivity contribution in [1.82, 2.24) is 0 Å². The SMILES string of the molecule is Fc1ccc(Cl)c(NCc2ccc(C(F)(F)F)cc2)c1. The van der Waals surface area contributed by atoms with Crippen molar-refractivity contribution in [2.45, 2.75) is 12.7 Å². The van der Waals surface area contributed by atoms with Gasteiger partial charge in [0.2, 0.25) is 0 Å². The number of benzene rings is 2. The zero-order valence-electron chi connectivity index (χ0n) is 10.1. The highest BCUT2D eigenvalue weighted by Gasteiger charge is 2.29. The third-order valence-corrected chi connectivity index (χ3v) is 3.02. The molecule has 2 aromatic rings. The van der Waals surface area contributed by atoms with Crippen LogP contribution in [0.1, 0.15) is 11.1 Å². The fraction of sp³-hybridized carbons (Fsp3) is 0.143. The van der Waals surface area contributed by atoms with E-state index >= 15 is 0 Å². The van der Waals surface area contributed by atoms with Gasteiger partial charge in [-0.05, 0) is 35.9 Å². The lowest BCUT2D eigenvalue weighted by Gasteiger charge is -2.10. The quantitative estimate of drug-likeness (QED) is 0.777. The monoisotopic (exact) mass is 303 g/mol. The highest BCUT2D eigenvalue weighted by Crippen LogP contribution is 2.29. The molecular weight excluding hydrogens is 294 g/mol. The lowest BCUT2D eigenvalue weighted by molar-refractivity contribution is -0.137. The average molecular weight is 304 g/mol. The van der Waals surface area contributed by atoms with Gasteiger partial charge in [0.15, 0.2) is 0 Å². The van der Waals surface area contributed by atoms with E-state index in [9.17, 15) is 17.6 Å². The summed E-state index contributed by atoms with van der Waals surface area (Å²) in [6.45, 7) is 0.251. The average Bonchev–Trinajstić information content (AvgIpc) is 2.39. The molecule has 106 valence electrons. The summed E-state index contributed by atoms with van der Waals surface area (Å²) in [6.07, 6.45) is -4.35. The van der Waals surface area contributed by atoms with Gasteiger partial charge in [-0.15, -0.1) is 0 Å². The molecule has 0 aromatic heterocycles. The topological polar surface area (TPSA) is 12.0 Å². The smallest absolute Gasteiger partial charge is 0.380 e. The van der Waals surface area contributed by atoms with E-state index in [-0.39, 0.29) is 6.54 Å². The minimum Gasteiger partial charge on any atom is -0.380 e. The lowest BCUT2D eigenvalue weighted by atomic mass is 10.1. The van der Waals surface area contributed by atoms with Gasteiger partial charge in [0.1, 0.15) is 5.82 Å². The molecule has 0 radical (unpaired) electrons. The van der Waals surface area contributed by atoms with Crippen molar-refractivity contribution in [1.29, 1.82) is 0 Å². The summed E-state index contributed by atoms with van der Waals surface area (Å²) in [5.74, 6) is -0.440. The van der Waals surface area contributed by atoms with Gasteiger partial charge < -0.3 is 5.32 Å². The van der Waals surface area contributed by atoms with Crippen molar-refractivity contribution >= 4 is 17.3 Å². The maximum atomic E-state index is 13.0. The molecule has 2 aromatic carbocycles. The first-order valence-corrected chi connectivity index (χ1v) is 6.09. The van der Waals surface area contributed by atoms with Crippen LogP contribution in [0, 0.1) is 5.82 Å². The molecule has 0 aliphatic rings. The van der Waals surface area contributed by atoms with Crippen LogP contribution in [0.4, 0.5) is 23.2 Å². The summed E-state index contributed by atoms with van der Waals surface area (Å²) >= 11 is 5.87. The maximum absolute atomic E-state index is 13.0. The Morgan fingerprint density at radius 1 is 1.00 bits per heavy atom. The van der Waals surface area contributed by atoms with Crippen molar-refractivity contribution in [2.75, 3.05) is 5.32 Å². The predicted molar refractivity (Wildman–Crippen MR) is 70.2 cm³/mol. The van der Waals surface area contributed by atoms with Gasteiger partial charge in [-0.1, -0.05) is 23.7 Å². The largest absolute Gasteiger partial charge is 0.416 e. The predicted octanol–water partition coefficient (Wildman–Crippen LogP) is 5.11. The molecule has 0 amide bonds. The summed E-state index contributed by atoms with van der Waals surface area (Å²) in [6, 6.07) is 8.60. The molecule has 20 heavy (non-hydrogen) atoms. The Labute approximate surface area is 118 Å². The van der Waals surface area contributed by atoms with Crippen LogP contribution in [0.5, 0.6) is 0 Å². The molecule has 1 nitrogen and oxygen atoms in total. The Hall–Kier alpha value is -1.75. The summed E-state index contributed by atoms with van der Waals surface area (Å²) in [5, 5.41) is 3.22. The molecule has 0 fully saturated rings. The van der Waals surface area contributed by atoms with Gasteiger partial charge in [-0.3, -0.25) is 0 Å². The van der Waals surface area contributed by atoms with Gasteiger partial charge in [0.25, 0.3) is 0 Å². The second-order valence-corrected chi connectivity index (χ2v) is 4.58. The van der Waals surface area contributed by atoms with E-state index in [1.54, 1.807) is 0 Å². The Morgan fingerprint density at radius 2 is 1.65 bits per heavy atom. The fourth-order valence-corrected chi connectivity index (χ4v) is 1.83. The van der Waals surface area contributed by atoms with Gasteiger partial charge in [-0.2, -0.15) is 13.2 Å². The van der Waals surface area contributed by atoms with Gasteiger partial charge in [0, 0.05) is 6.54 Å². The first kappa shape index (κ1) is 14.7. The second-order valence-electron chi connectivity index (χ2n) is 4.17. The first-order valence-electron chi connectivity index (χ1n) is 5.71. The van der Waals surface area contributed by atoms with E-state index in [1.165, 1.54) is 30.3 Å². The molecular formula is C14H10ClF4N. The molecule has 0 spiro atoms. The lowest BCUT2D eigenvalue weighted by Crippen LogP contribution is -2.05.